The van der Waals surface area contributed by atoms with Gasteiger partial charge in [0.15, 0.2) is 0 Å². The normalized spacial score (nSPS) is 12.4. The number of anilines is 3. The van der Waals surface area contributed by atoms with E-state index in [1.807, 2.05) is 6.92 Å². The maximum atomic E-state index is 13.4. The van der Waals surface area contributed by atoms with Crippen molar-refractivity contribution in [3.63, 3.8) is 0 Å². The van der Waals surface area contributed by atoms with E-state index >= 15 is 0 Å². The third-order valence-corrected chi connectivity index (χ3v) is 5.36. The SMILES string of the molecule is CCNc1nc(Nc2ccc(S(C)(=N)=O)cc2)ncc1C#Cc1ccc(F)c(C)c1. The smallest absolute Gasteiger partial charge is 0.229 e. The maximum absolute atomic E-state index is 13.4. The molecule has 2 aromatic carbocycles. The molecule has 0 bridgehead atoms. The zero-order valence-corrected chi connectivity index (χ0v) is 17.7. The molecule has 0 aliphatic carbocycles. The van der Waals surface area contributed by atoms with Crippen molar-refractivity contribution in [1.82, 2.24) is 9.97 Å². The summed E-state index contributed by atoms with van der Waals surface area (Å²) in [6.45, 7) is 4.31. The van der Waals surface area contributed by atoms with Crippen molar-refractivity contribution in [2.75, 3.05) is 23.4 Å². The lowest BCUT2D eigenvalue weighted by Gasteiger charge is -2.10. The van der Waals surface area contributed by atoms with E-state index in [1.54, 1.807) is 49.5 Å². The summed E-state index contributed by atoms with van der Waals surface area (Å²) >= 11 is 0. The number of aryl methyl sites for hydroxylation is 1. The lowest BCUT2D eigenvalue weighted by atomic mass is 10.1. The van der Waals surface area contributed by atoms with Gasteiger partial charge in [0.25, 0.3) is 0 Å². The Balaban J connectivity index is 1.85. The Morgan fingerprint density at radius 2 is 1.90 bits per heavy atom. The van der Waals surface area contributed by atoms with Crippen molar-refractivity contribution in [2.24, 2.45) is 0 Å². The van der Waals surface area contributed by atoms with Crippen LogP contribution in [0.5, 0.6) is 0 Å². The number of hydrogen-bond acceptors (Lipinski definition) is 6. The van der Waals surface area contributed by atoms with Gasteiger partial charge in [0, 0.05) is 28.9 Å². The third kappa shape index (κ3) is 5.33. The largest absolute Gasteiger partial charge is 0.369 e. The zero-order valence-electron chi connectivity index (χ0n) is 16.9. The summed E-state index contributed by atoms with van der Waals surface area (Å²) < 4.78 is 32.8. The summed E-state index contributed by atoms with van der Waals surface area (Å²) in [6, 6.07) is 11.5. The molecular formula is C22H22FN5OS. The second kappa shape index (κ2) is 8.93. The molecule has 1 heterocycles. The van der Waals surface area contributed by atoms with Crippen LogP contribution >= 0.6 is 0 Å². The van der Waals surface area contributed by atoms with Gasteiger partial charge >= 0.3 is 0 Å². The van der Waals surface area contributed by atoms with Gasteiger partial charge in [0.2, 0.25) is 5.95 Å². The van der Waals surface area contributed by atoms with Gasteiger partial charge in [-0.2, -0.15) is 4.98 Å². The van der Waals surface area contributed by atoms with E-state index in [2.05, 4.69) is 32.4 Å². The van der Waals surface area contributed by atoms with Crippen LogP contribution < -0.4 is 10.6 Å². The molecule has 154 valence electrons. The molecule has 0 radical (unpaired) electrons. The minimum atomic E-state index is -2.75. The first-order valence-corrected chi connectivity index (χ1v) is 11.2. The summed E-state index contributed by atoms with van der Waals surface area (Å²) in [6.07, 6.45) is 3.00. The van der Waals surface area contributed by atoms with Gasteiger partial charge in [-0.05, 0) is 61.9 Å². The summed E-state index contributed by atoms with van der Waals surface area (Å²) in [4.78, 5) is 9.26. The van der Waals surface area contributed by atoms with E-state index in [0.29, 0.717) is 45.6 Å². The average molecular weight is 424 g/mol. The summed E-state index contributed by atoms with van der Waals surface area (Å²) in [7, 11) is -2.75. The number of halogens is 1. The standard InChI is InChI=1S/C22H22FN5OS/c1-4-25-21-17(7-5-16-6-12-20(23)15(2)13-16)14-26-22(28-21)27-18-8-10-19(11-9-18)30(3,24)29/h6,8-14,24H,4H2,1-3H3,(H2,25,26,27,28). The fraction of sp³-hybridized carbons (Fsp3) is 0.182. The van der Waals surface area contributed by atoms with Gasteiger partial charge < -0.3 is 10.6 Å². The van der Waals surface area contributed by atoms with Crippen molar-refractivity contribution < 1.29 is 8.60 Å². The van der Waals surface area contributed by atoms with Gasteiger partial charge in [-0.1, -0.05) is 11.8 Å². The van der Waals surface area contributed by atoms with Gasteiger partial charge in [0.05, 0.1) is 21.5 Å². The Labute approximate surface area is 176 Å². The van der Waals surface area contributed by atoms with Crippen molar-refractivity contribution in [2.45, 2.75) is 18.7 Å². The molecule has 0 saturated heterocycles. The molecule has 30 heavy (non-hydrogen) atoms. The summed E-state index contributed by atoms with van der Waals surface area (Å²) in [5.74, 6) is 6.75. The molecule has 0 saturated carbocycles. The molecule has 0 aliphatic rings. The minimum Gasteiger partial charge on any atom is -0.369 e. The van der Waals surface area contributed by atoms with E-state index in [0.717, 1.165) is 0 Å². The molecule has 0 amide bonds. The lowest BCUT2D eigenvalue weighted by Crippen LogP contribution is -2.06. The Bertz CT molecular complexity index is 1230. The average Bonchev–Trinajstić information content (AvgIpc) is 2.70. The van der Waals surface area contributed by atoms with Crippen LogP contribution in [0.4, 0.5) is 21.8 Å². The maximum Gasteiger partial charge on any atom is 0.229 e. The van der Waals surface area contributed by atoms with Crippen LogP contribution in [-0.2, 0) is 9.73 Å². The van der Waals surface area contributed by atoms with Crippen LogP contribution in [0.3, 0.4) is 0 Å². The van der Waals surface area contributed by atoms with Crippen LogP contribution in [0, 0.1) is 29.4 Å². The van der Waals surface area contributed by atoms with Crippen molar-refractivity contribution in [3.05, 3.63) is 71.2 Å². The highest BCUT2D eigenvalue weighted by atomic mass is 32.2. The van der Waals surface area contributed by atoms with Crippen LogP contribution in [-0.4, -0.2) is 27.0 Å². The Kier molecular flexibility index (Phi) is 6.33. The first-order chi connectivity index (χ1) is 14.3. The van der Waals surface area contributed by atoms with E-state index in [4.69, 9.17) is 4.78 Å². The van der Waals surface area contributed by atoms with Gasteiger partial charge in [-0.25, -0.2) is 18.4 Å². The number of benzene rings is 2. The predicted octanol–water partition coefficient (Wildman–Crippen LogP) is 4.53. The molecule has 3 aromatic rings. The summed E-state index contributed by atoms with van der Waals surface area (Å²) in [5, 5.41) is 6.26. The molecule has 0 aliphatic heterocycles. The molecule has 1 unspecified atom stereocenters. The highest BCUT2D eigenvalue weighted by molar-refractivity contribution is 7.91. The highest BCUT2D eigenvalue weighted by Crippen LogP contribution is 2.19. The number of rotatable bonds is 5. The topological polar surface area (TPSA) is 90.8 Å². The number of aromatic nitrogens is 2. The van der Waals surface area contributed by atoms with Gasteiger partial charge in [-0.15, -0.1) is 0 Å². The van der Waals surface area contributed by atoms with E-state index < -0.39 is 9.73 Å². The molecular weight excluding hydrogens is 401 g/mol. The van der Waals surface area contributed by atoms with E-state index in [-0.39, 0.29) is 5.82 Å². The van der Waals surface area contributed by atoms with Gasteiger partial charge in [-0.3, -0.25) is 0 Å². The molecule has 3 rings (SSSR count). The number of hydrogen-bond donors (Lipinski definition) is 3. The molecule has 0 spiro atoms. The summed E-state index contributed by atoms with van der Waals surface area (Å²) in [5.41, 5.74) is 2.59. The number of nitrogens with one attached hydrogen (secondary N) is 3. The Hall–Kier alpha value is -3.44. The van der Waals surface area contributed by atoms with E-state index in [9.17, 15) is 8.60 Å². The molecule has 0 fully saturated rings. The molecule has 6 nitrogen and oxygen atoms in total. The van der Waals surface area contributed by atoms with Crippen LogP contribution in [0.2, 0.25) is 0 Å². The second-order valence-corrected chi connectivity index (χ2v) is 8.85. The first kappa shape index (κ1) is 21.3. The van der Waals surface area contributed by atoms with E-state index in [1.165, 1.54) is 12.3 Å². The van der Waals surface area contributed by atoms with Crippen molar-refractivity contribution >= 4 is 27.2 Å². The monoisotopic (exact) mass is 423 g/mol. The predicted molar refractivity (Wildman–Crippen MR) is 118 cm³/mol. The molecule has 8 heteroatoms. The van der Waals surface area contributed by atoms with Crippen LogP contribution in [0.1, 0.15) is 23.6 Å². The fourth-order valence-electron chi connectivity index (χ4n) is 2.62. The molecule has 1 atom stereocenters. The minimum absolute atomic E-state index is 0.260. The lowest BCUT2D eigenvalue weighted by molar-refractivity contribution is 0.618. The first-order valence-electron chi connectivity index (χ1n) is 9.26. The number of nitrogens with zero attached hydrogens (tertiary/aromatic N) is 2. The molecule has 3 N–H and O–H groups in total. The Morgan fingerprint density at radius 3 is 2.53 bits per heavy atom. The second-order valence-electron chi connectivity index (χ2n) is 6.69. The van der Waals surface area contributed by atoms with Gasteiger partial charge in [0.1, 0.15) is 11.6 Å². The van der Waals surface area contributed by atoms with Crippen LogP contribution in [0.15, 0.2) is 53.6 Å². The van der Waals surface area contributed by atoms with Crippen molar-refractivity contribution in [3.8, 4) is 11.8 Å². The van der Waals surface area contributed by atoms with Crippen LogP contribution in [0.25, 0.3) is 0 Å². The van der Waals surface area contributed by atoms with Crippen molar-refractivity contribution in [1.29, 1.82) is 4.78 Å². The fourth-order valence-corrected chi connectivity index (χ4v) is 3.28. The zero-order chi connectivity index (χ0) is 21.7. The Morgan fingerprint density at radius 1 is 1.17 bits per heavy atom. The quantitative estimate of drug-likeness (QED) is 0.525. The third-order valence-electron chi connectivity index (χ3n) is 4.19. The molecule has 1 aromatic heterocycles. The highest BCUT2D eigenvalue weighted by Gasteiger charge is 2.07.